The van der Waals surface area contributed by atoms with Crippen LogP contribution in [0.2, 0.25) is 0 Å². The predicted molar refractivity (Wildman–Crippen MR) is 169 cm³/mol. The average Bonchev–Trinajstić information content (AvgIpc) is 3.07. The minimum absolute atomic E-state index is 0.360. The second-order valence-corrected chi connectivity index (χ2v) is 10.4. The van der Waals surface area contributed by atoms with Gasteiger partial charge in [-0.1, -0.05) is 103 Å². The molecule has 0 atom stereocenters. The highest BCUT2D eigenvalue weighted by atomic mass is 16.2. The van der Waals surface area contributed by atoms with Gasteiger partial charge < -0.3 is 0 Å². The third-order valence-electron chi connectivity index (χ3n) is 7.84. The van der Waals surface area contributed by atoms with Crippen LogP contribution in [-0.2, 0) is 0 Å². The number of imide groups is 1. The maximum absolute atomic E-state index is 13.9. The molecule has 6 nitrogen and oxygen atoms in total. The van der Waals surface area contributed by atoms with Crippen LogP contribution in [0.3, 0.4) is 0 Å². The molecule has 0 aliphatic carbocycles. The first-order valence-corrected chi connectivity index (χ1v) is 14.0. The van der Waals surface area contributed by atoms with Crippen LogP contribution in [0.15, 0.2) is 133 Å². The maximum atomic E-state index is 13.9. The molecule has 0 bridgehead atoms. The summed E-state index contributed by atoms with van der Waals surface area (Å²) in [6.45, 7) is 0. The molecule has 6 heteroatoms. The standard InChI is InChI=1S/C37H22N4O2/c42-36-30-17-9-16-28-29(35-39-33(24-11-3-1-4-12-24)38-34(40-35)25-13-5-2-6-14-25)20-21-31(32(28)30)37(43)41(36)27-19-18-23-10-7-8-15-26(23)22-27/h1-22H. The number of fused-ring (bicyclic) bond motifs is 1. The predicted octanol–water partition coefficient (Wildman–Crippen LogP) is 7.98. The Labute approximate surface area is 246 Å². The summed E-state index contributed by atoms with van der Waals surface area (Å²) in [6.07, 6.45) is 0. The van der Waals surface area contributed by atoms with E-state index < -0.39 is 0 Å². The van der Waals surface area contributed by atoms with Gasteiger partial charge in [0.2, 0.25) is 0 Å². The number of carbonyl (C=O) groups is 2. The van der Waals surface area contributed by atoms with Gasteiger partial charge in [-0.3, -0.25) is 9.59 Å². The summed E-state index contributed by atoms with van der Waals surface area (Å²) in [5.41, 5.74) is 3.91. The zero-order valence-corrected chi connectivity index (χ0v) is 22.8. The Bertz CT molecular complexity index is 2150. The number of nitrogens with zero attached hydrogens (tertiary/aromatic N) is 4. The second-order valence-electron chi connectivity index (χ2n) is 10.4. The Balaban J connectivity index is 1.31. The van der Waals surface area contributed by atoms with Gasteiger partial charge in [0, 0.05) is 33.2 Å². The van der Waals surface area contributed by atoms with E-state index in [0.29, 0.717) is 39.7 Å². The molecular formula is C37H22N4O2. The summed E-state index contributed by atoms with van der Waals surface area (Å²) in [5, 5.41) is 3.34. The van der Waals surface area contributed by atoms with Crippen molar-refractivity contribution in [2.24, 2.45) is 0 Å². The maximum Gasteiger partial charge on any atom is 0.265 e. The first-order valence-electron chi connectivity index (χ1n) is 14.0. The Morgan fingerprint density at radius 2 is 1.00 bits per heavy atom. The van der Waals surface area contributed by atoms with Gasteiger partial charge in [0.1, 0.15) is 0 Å². The number of anilines is 1. The fraction of sp³-hybridized carbons (Fsp3) is 0. The van der Waals surface area contributed by atoms with Crippen molar-refractivity contribution in [3.8, 4) is 34.2 Å². The Kier molecular flexibility index (Phi) is 5.65. The minimum Gasteiger partial charge on any atom is -0.268 e. The van der Waals surface area contributed by atoms with Gasteiger partial charge >= 0.3 is 0 Å². The third kappa shape index (κ3) is 4.08. The fourth-order valence-electron chi connectivity index (χ4n) is 5.77. The van der Waals surface area contributed by atoms with E-state index in [9.17, 15) is 9.59 Å². The average molecular weight is 555 g/mol. The second kappa shape index (κ2) is 9.82. The topological polar surface area (TPSA) is 76.0 Å². The molecule has 7 aromatic rings. The van der Waals surface area contributed by atoms with Gasteiger partial charge in [0.25, 0.3) is 11.8 Å². The van der Waals surface area contributed by atoms with E-state index in [1.165, 1.54) is 4.90 Å². The molecule has 0 saturated carbocycles. The van der Waals surface area contributed by atoms with Crippen LogP contribution in [0.5, 0.6) is 0 Å². The summed E-state index contributed by atoms with van der Waals surface area (Å²) in [7, 11) is 0. The van der Waals surface area contributed by atoms with E-state index >= 15 is 0 Å². The molecule has 1 aliphatic heterocycles. The van der Waals surface area contributed by atoms with Crippen molar-refractivity contribution in [3.63, 3.8) is 0 Å². The summed E-state index contributed by atoms with van der Waals surface area (Å²) in [4.78, 5) is 43.7. The Hall–Kier alpha value is -6.01. The summed E-state index contributed by atoms with van der Waals surface area (Å²) in [6, 6.07) is 42.2. The largest absolute Gasteiger partial charge is 0.268 e. The number of aromatic nitrogens is 3. The summed E-state index contributed by atoms with van der Waals surface area (Å²) in [5.74, 6) is 0.828. The van der Waals surface area contributed by atoms with Crippen molar-refractivity contribution >= 4 is 39.0 Å². The van der Waals surface area contributed by atoms with Gasteiger partial charge in [-0.05, 0) is 46.5 Å². The molecule has 0 unspecified atom stereocenters. The number of benzene rings is 6. The third-order valence-corrected chi connectivity index (χ3v) is 7.84. The first-order chi connectivity index (χ1) is 21.2. The Morgan fingerprint density at radius 3 is 1.67 bits per heavy atom. The van der Waals surface area contributed by atoms with E-state index in [1.807, 2.05) is 121 Å². The van der Waals surface area contributed by atoms with Crippen molar-refractivity contribution in [2.45, 2.75) is 0 Å². The van der Waals surface area contributed by atoms with Crippen molar-refractivity contribution in [1.82, 2.24) is 15.0 Å². The van der Waals surface area contributed by atoms with Crippen LogP contribution in [0.1, 0.15) is 20.7 Å². The highest BCUT2D eigenvalue weighted by Crippen LogP contribution is 2.38. The van der Waals surface area contributed by atoms with Crippen LogP contribution < -0.4 is 4.90 Å². The van der Waals surface area contributed by atoms with Gasteiger partial charge in [-0.2, -0.15) is 0 Å². The van der Waals surface area contributed by atoms with Crippen LogP contribution in [0.25, 0.3) is 55.7 Å². The lowest BCUT2D eigenvalue weighted by molar-refractivity contribution is 0.0893. The molecule has 2 heterocycles. The van der Waals surface area contributed by atoms with E-state index in [2.05, 4.69) is 0 Å². The molecule has 0 fully saturated rings. The van der Waals surface area contributed by atoms with Crippen LogP contribution in [0.4, 0.5) is 5.69 Å². The van der Waals surface area contributed by atoms with Gasteiger partial charge in [-0.15, -0.1) is 0 Å². The molecule has 202 valence electrons. The van der Waals surface area contributed by atoms with Crippen LogP contribution in [0, 0.1) is 0 Å². The van der Waals surface area contributed by atoms with Crippen molar-refractivity contribution in [2.75, 3.05) is 4.90 Å². The van der Waals surface area contributed by atoms with E-state index in [4.69, 9.17) is 15.0 Å². The molecular weight excluding hydrogens is 532 g/mol. The SMILES string of the molecule is O=C1c2cccc3c(-c4nc(-c5ccccc5)nc(-c5ccccc5)n4)ccc(c23)C(=O)N1c1ccc2ccccc2c1. The summed E-state index contributed by atoms with van der Waals surface area (Å²) >= 11 is 0. The monoisotopic (exact) mass is 554 g/mol. The molecule has 43 heavy (non-hydrogen) atoms. The minimum atomic E-state index is -0.360. The molecule has 0 radical (unpaired) electrons. The zero-order chi connectivity index (χ0) is 28.9. The highest BCUT2D eigenvalue weighted by molar-refractivity contribution is 6.36. The van der Waals surface area contributed by atoms with Crippen molar-refractivity contribution in [1.29, 1.82) is 0 Å². The van der Waals surface area contributed by atoms with Gasteiger partial charge in [-0.25, -0.2) is 19.9 Å². The lowest BCUT2D eigenvalue weighted by atomic mass is 9.90. The number of hydrogen-bond acceptors (Lipinski definition) is 5. The quantitative estimate of drug-likeness (QED) is 0.206. The van der Waals surface area contributed by atoms with Crippen molar-refractivity contribution in [3.05, 3.63) is 145 Å². The van der Waals surface area contributed by atoms with Gasteiger partial charge in [0.05, 0.1) is 5.69 Å². The van der Waals surface area contributed by atoms with Crippen LogP contribution >= 0.6 is 0 Å². The number of amides is 2. The zero-order valence-electron chi connectivity index (χ0n) is 22.8. The Morgan fingerprint density at radius 1 is 0.442 bits per heavy atom. The van der Waals surface area contributed by atoms with Gasteiger partial charge in [0.15, 0.2) is 17.5 Å². The molecule has 8 rings (SSSR count). The first kappa shape index (κ1) is 24.8. The molecule has 0 N–H and O–H groups in total. The lowest BCUT2D eigenvalue weighted by Crippen LogP contribution is -2.40. The molecule has 1 aliphatic rings. The van der Waals surface area contributed by atoms with Crippen LogP contribution in [-0.4, -0.2) is 26.8 Å². The number of carbonyl (C=O) groups excluding carboxylic acids is 2. The van der Waals surface area contributed by atoms with E-state index in [1.54, 1.807) is 12.1 Å². The summed E-state index contributed by atoms with van der Waals surface area (Å²) < 4.78 is 0. The molecule has 0 spiro atoms. The normalized spacial score (nSPS) is 12.7. The number of hydrogen-bond donors (Lipinski definition) is 0. The smallest absolute Gasteiger partial charge is 0.265 e. The van der Waals surface area contributed by atoms with E-state index in [-0.39, 0.29) is 11.8 Å². The number of rotatable bonds is 4. The fourth-order valence-corrected chi connectivity index (χ4v) is 5.77. The molecule has 2 amide bonds. The molecule has 1 aromatic heterocycles. The van der Waals surface area contributed by atoms with E-state index in [0.717, 1.165) is 32.8 Å². The molecule has 6 aromatic carbocycles. The van der Waals surface area contributed by atoms with Crippen molar-refractivity contribution < 1.29 is 9.59 Å². The molecule has 0 saturated heterocycles. The highest BCUT2D eigenvalue weighted by Gasteiger charge is 2.35. The lowest BCUT2D eigenvalue weighted by Gasteiger charge is -2.28.